The van der Waals surface area contributed by atoms with Gasteiger partial charge in [-0.3, -0.25) is 0 Å². The van der Waals surface area contributed by atoms with Crippen LogP contribution in [-0.2, 0) is 6.54 Å². The Balaban J connectivity index is 2.12. The summed E-state index contributed by atoms with van der Waals surface area (Å²) in [4.78, 5) is 2.13. The molecule has 13 heavy (non-hydrogen) atoms. The van der Waals surface area contributed by atoms with Crippen molar-refractivity contribution in [3.8, 4) is 0 Å². The van der Waals surface area contributed by atoms with E-state index in [0.29, 0.717) is 24.5 Å². The minimum Gasteiger partial charge on any atom is -0.407 e. The number of nitrogens with two attached hydrogens (primary N) is 1. The van der Waals surface area contributed by atoms with Crippen molar-refractivity contribution in [1.29, 1.82) is 0 Å². The number of hydrogen-bond donors (Lipinski definition) is 1. The van der Waals surface area contributed by atoms with Crippen molar-refractivity contribution in [3.63, 3.8) is 0 Å². The van der Waals surface area contributed by atoms with Crippen molar-refractivity contribution >= 4 is 6.01 Å². The van der Waals surface area contributed by atoms with Gasteiger partial charge in [-0.05, 0) is 19.8 Å². The molecule has 0 radical (unpaired) electrons. The highest BCUT2D eigenvalue weighted by atomic mass is 16.4. The van der Waals surface area contributed by atoms with Crippen LogP contribution in [0.15, 0.2) is 4.42 Å². The predicted molar refractivity (Wildman–Crippen MR) is 48.2 cm³/mol. The van der Waals surface area contributed by atoms with E-state index < -0.39 is 0 Å². The highest BCUT2D eigenvalue weighted by Crippen LogP contribution is 2.30. The third kappa shape index (κ3) is 1.65. The van der Waals surface area contributed by atoms with Crippen LogP contribution < -0.4 is 10.6 Å². The molecule has 5 nitrogen and oxygen atoms in total. The lowest BCUT2D eigenvalue weighted by atomic mass is 10.5. The van der Waals surface area contributed by atoms with Crippen LogP contribution in [0.25, 0.3) is 0 Å². The topological polar surface area (TPSA) is 68.2 Å². The number of anilines is 1. The first-order valence-corrected chi connectivity index (χ1v) is 4.64. The van der Waals surface area contributed by atoms with Crippen LogP contribution in [0.4, 0.5) is 6.01 Å². The SMILES string of the molecule is CCN(c1nnc(CN)o1)C1CC1. The molecule has 0 aromatic carbocycles. The normalized spacial score (nSPS) is 16.2. The van der Waals surface area contributed by atoms with Crippen molar-refractivity contribution in [1.82, 2.24) is 10.2 Å². The molecule has 1 aromatic heterocycles. The first-order valence-electron chi connectivity index (χ1n) is 4.64. The number of nitrogens with zero attached hydrogens (tertiary/aromatic N) is 3. The molecule has 0 unspecified atom stereocenters. The lowest BCUT2D eigenvalue weighted by Crippen LogP contribution is -2.25. The standard InChI is InChI=1S/C8H14N4O/c1-2-12(6-3-4-6)8-11-10-7(5-9)13-8/h6H,2-5,9H2,1H3. The maximum absolute atomic E-state index is 5.38. The van der Waals surface area contributed by atoms with Crippen LogP contribution in [-0.4, -0.2) is 22.8 Å². The Morgan fingerprint density at radius 3 is 2.77 bits per heavy atom. The molecule has 1 fully saturated rings. The Bertz CT molecular complexity index is 281. The van der Waals surface area contributed by atoms with Crippen LogP contribution >= 0.6 is 0 Å². The van der Waals surface area contributed by atoms with E-state index in [1.165, 1.54) is 12.8 Å². The molecule has 0 amide bonds. The van der Waals surface area contributed by atoms with E-state index in [4.69, 9.17) is 10.2 Å². The molecule has 2 rings (SSSR count). The summed E-state index contributed by atoms with van der Waals surface area (Å²) < 4.78 is 5.37. The van der Waals surface area contributed by atoms with Gasteiger partial charge in [-0.25, -0.2) is 0 Å². The molecule has 0 saturated heterocycles. The molecular weight excluding hydrogens is 168 g/mol. The smallest absolute Gasteiger partial charge is 0.318 e. The van der Waals surface area contributed by atoms with E-state index in [9.17, 15) is 0 Å². The lowest BCUT2D eigenvalue weighted by molar-refractivity contribution is 0.485. The van der Waals surface area contributed by atoms with Gasteiger partial charge in [0.1, 0.15) is 0 Å². The lowest BCUT2D eigenvalue weighted by Gasteiger charge is -2.16. The fourth-order valence-electron chi connectivity index (χ4n) is 1.38. The highest BCUT2D eigenvalue weighted by molar-refractivity contribution is 5.28. The largest absolute Gasteiger partial charge is 0.407 e. The van der Waals surface area contributed by atoms with E-state index in [1.807, 2.05) is 0 Å². The fraction of sp³-hybridized carbons (Fsp3) is 0.750. The van der Waals surface area contributed by atoms with Gasteiger partial charge in [-0.2, -0.15) is 0 Å². The first kappa shape index (κ1) is 8.50. The van der Waals surface area contributed by atoms with Crippen LogP contribution in [0.5, 0.6) is 0 Å². The molecule has 1 heterocycles. The molecule has 0 atom stereocenters. The molecule has 1 aromatic rings. The molecule has 1 saturated carbocycles. The summed E-state index contributed by atoms with van der Waals surface area (Å²) in [5.74, 6) is 0.508. The second kappa shape index (κ2) is 3.33. The number of rotatable bonds is 4. The van der Waals surface area contributed by atoms with Crippen LogP contribution in [0.3, 0.4) is 0 Å². The van der Waals surface area contributed by atoms with Crippen molar-refractivity contribution in [3.05, 3.63) is 5.89 Å². The molecule has 1 aliphatic carbocycles. The third-order valence-electron chi connectivity index (χ3n) is 2.20. The minimum atomic E-state index is 0.315. The van der Waals surface area contributed by atoms with E-state index >= 15 is 0 Å². The Morgan fingerprint density at radius 2 is 2.31 bits per heavy atom. The van der Waals surface area contributed by atoms with Gasteiger partial charge in [0.2, 0.25) is 5.89 Å². The van der Waals surface area contributed by atoms with E-state index in [2.05, 4.69) is 22.0 Å². The van der Waals surface area contributed by atoms with Gasteiger partial charge < -0.3 is 15.1 Å². The summed E-state index contributed by atoms with van der Waals surface area (Å²) >= 11 is 0. The summed E-state index contributed by atoms with van der Waals surface area (Å²) in [6.07, 6.45) is 2.46. The maximum Gasteiger partial charge on any atom is 0.318 e. The van der Waals surface area contributed by atoms with Crippen molar-refractivity contribution in [2.45, 2.75) is 32.4 Å². The fourth-order valence-corrected chi connectivity index (χ4v) is 1.38. The summed E-state index contributed by atoms with van der Waals surface area (Å²) in [5.41, 5.74) is 5.38. The quantitative estimate of drug-likeness (QED) is 0.735. The van der Waals surface area contributed by atoms with E-state index in [-0.39, 0.29) is 0 Å². The third-order valence-corrected chi connectivity index (χ3v) is 2.20. The van der Waals surface area contributed by atoms with Crippen LogP contribution in [0.2, 0.25) is 0 Å². The van der Waals surface area contributed by atoms with Crippen LogP contribution in [0.1, 0.15) is 25.7 Å². The predicted octanol–water partition coefficient (Wildman–Crippen LogP) is 0.517. The molecule has 0 bridgehead atoms. The molecular formula is C8H14N4O. The van der Waals surface area contributed by atoms with Crippen molar-refractivity contribution < 1.29 is 4.42 Å². The Labute approximate surface area is 76.9 Å². The minimum absolute atomic E-state index is 0.315. The molecule has 0 spiro atoms. The molecule has 72 valence electrons. The van der Waals surface area contributed by atoms with Gasteiger partial charge in [0.25, 0.3) is 0 Å². The number of aromatic nitrogens is 2. The molecule has 1 aliphatic rings. The zero-order valence-electron chi connectivity index (χ0n) is 7.73. The van der Waals surface area contributed by atoms with Crippen molar-refractivity contribution in [2.24, 2.45) is 5.73 Å². The summed E-state index contributed by atoms with van der Waals surface area (Å²) in [6, 6.07) is 1.22. The van der Waals surface area contributed by atoms with E-state index in [1.54, 1.807) is 0 Å². The first-order chi connectivity index (χ1) is 6.35. The van der Waals surface area contributed by atoms with Gasteiger partial charge in [-0.15, -0.1) is 5.10 Å². The summed E-state index contributed by atoms with van der Waals surface area (Å²) in [5, 5.41) is 7.78. The van der Waals surface area contributed by atoms with E-state index in [0.717, 1.165) is 6.54 Å². The average molecular weight is 182 g/mol. The van der Waals surface area contributed by atoms with Gasteiger partial charge in [0, 0.05) is 12.6 Å². The monoisotopic (exact) mass is 182 g/mol. The van der Waals surface area contributed by atoms with Gasteiger partial charge in [-0.1, -0.05) is 5.10 Å². The molecule has 0 aliphatic heterocycles. The summed E-state index contributed by atoms with van der Waals surface area (Å²) in [7, 11) is 0. The second-order valence-corrected chi connectivity index (χ2v) is 3.20. The van der Waals surface area contributed by atoms with Crippen LogP contribution in [0, 0.1) is 0 Å². The Kier molecular flexibility index (Phi) is 2.18. The molecule has 5 heteroatoms. The Hall–Kier alpha value is -1.10. The second-order valence-electron chi connectivity index (χ2n) is 3.20. The Morgan fingerprint density at radius 1 is 1.54 bits per heavy atom. The highest BCUT2D eigenvalue weighted by Gasteiger charge is 2.31. The average Bonchev–Trinajstić information content (AvgIpc) is 2.85. The van der Waals surface area contributed by atoms with Gasteiger partial charge in [0.15, 0.2) is 0 Å². The van der Waals surface area contributed by atoms with Crippen molar-refractivity contribution in [2.75, 3.05) is 11.4 Å². The number of hydrogen-bond acceptors (Lipinski definition) is 5. The summed E-state index contributed by atoms with van der Waals surface area (Å²) in [6.45, 7) is 3.32. The van der Waals surface area contributed by atoms with Gasteiger partial charge in [0.05, 0.1) is 6.54 Å². The molecule has 2 N–H and O–H groups in total. The zero-order chi connectivity index (χ0) is 9.26. The zero-order valence-corrected chi connectivity index (χ0v) is 7.73. The van der Waals surface area contributed by atoms with Gasteiger partial charge >= 0.3 is 6.01 Å². The maximum atomic E-state index is 5.38.